The van der Waals surface area contributed by atoms with Crippen LogP contribution in [0.15, 0.2) is 53.6 Å². The molecule has 2 bridgehead atoms. The number of aliphatic hydroxyl groups excluding tert-OH is 3. The number of carbonyl (C=O) groups excluding carboxylic acids is 9. The molecule has 6 rings (SSSR count). The molecule has 1 aromatic heterocycles. The van der Waals surface area contributed by atoms with Gasteiger partial charge in [0.25, 0.3) is 0 Å². The topological polar surface area (TPSA) is 353 Å². The van der Waals surface area contributed by atoms with Gasteiger partial charge in [-0.1, -0.05) is 57.5 Å². The maximum atomic E-state index is 14.6. The number of thioether (sulfide) groups is 1. The van der Waals surface area contributed by atoms with Crippen LogP contribution in [-0.2, 0) is 56.2 Å². The number of amides is 9. The number of fused-ring (bicyclic) bond motifs is 5. The quantitative estimate of drug-likeness (QED) is 0.0933. The van der Waals surface area contributed by atoms with Crippen LogP contribution in [-0.4, -0.2) is 159 Å². The molecule has 4 heterocycles. The van der Waals surface area contributed by atoms with Gasteiger partial charge in [0.2, 0.25) is 53.2 Å². The number of hydrogen-bond donors (Lipinski definition) is 12. The molecule has 0 spiro atoms. The van der Waals surface area contributed by atoms with E-state index in [1.807, 2.05) is 30.3 Å². The summed E-state index contributed by atoms with van der Waals surface area (Å²) >= 11 is 1.02. The molecule has 3 aliphatic rings. The first-order valence-electron chi connectivity index (χ1n) is 23.4. The fourth-order valence-electron chi connectivity index (χ4n) is 8.53. The van der Waals surface area contributed by atoms with Gasteiger partial charge < -0.3 is 72.9 Å². The first kappa shape index (κ1) is 53.6. The summed E-state index contributed by atoms with van der Waals surface area (Å²) in [5.41, 5.74) is 7.28. The average molecular weight is 1010 g/mol. The first-order valence-corrected chi connectivity index (χ1v) is 24.4. The summed E-state index contributed by atoms with van der Waals surface area (Å²) in [4.78, 5) is 129. The van der Waals surface area contributed by atoms with Gasteiger partial charge in [-0.15, -0.1) is 11.8 Å². The minimum absolute atomic E-state index is 0.224. The summed E-state index contributed by atoms with van der Waals surface area (Å²) in [6.07, 6.45) is -3.91. The minimum atomic E-state index is -1.70. The van der Waals surface area contributed by atoms with Gasteiger partial charge in [0.05, 0.1) is 42.4 Å². The molecule has 2 aromatic carbocycles. The van der Waals surface area contributed by atoms with Gasteiger partial charge in [-0.05, 0) is 35.6 Å². The number of aromatic nitrogens is 1. The fraction of sp³-hybridized carbons (Fsp3) is 0.511. The second kappa shape index (κ2) is 24.4. The van der Waals surface area contributed by atoms with E-state index in [0.29, 0.717) is 33.7 Å². The molecule has 13 N–H and O–H groups in total. The molecule has 1 saturated heterocycles. The standard InChI is InChI=1S/C47H62N10O13S/c1-4-23(2)39-44(67)50-17-37(62)51-33-22-71-46-29(28-11-10-27(15-31(28)54-46)70-21-25-8-6-5-7-9-25)16-32(41(64)49-18-38(63)55-39)53-45(68)40(24(3)35(60)20-58)56-43(66)34-14-26(59)19-57(34)47(69)30(52-42(33)65)12-13-36(48)61/h5-11,15,23-24,26,30,32-35,39-40,54,58-60H,4,12-14,16-22H2,1-3H3,(H2,48,61)(H,49,64)(H,50,67)(H,51,62)(H,52,65)(H,53,68)(H,55,63)(H,56,66)/t23-,24-,26+,30-,32-,33-,34-,35-,39?,40-/m0/s1. The van der Waals surface area contributed by atoms with Crippen LogP contribution in [0.3, 0.4) is 0 Å². The van der Waals surface area contributed by atoms with E-state index in [4.69, 9.17) is 10.5 Å². The lowest BCUT2D eigenvalue weighted by Gasteiger charge is -2.33. The number of hydrogen-bond acceptors (Lipinski definition) is 14. The second-order valence-electron chi connectivity index (χ2n) is 18.0. The smallest absolute Gasteiger partial charge is 0.245 e. The fourth-order valence-corrected chi connectivity index (χ4v) is 9.64. The van der Waals surface area contributed by atoms with Crippen molar-refractivity contribution in [1.29, 1.82) is 0 Å². The lowest BCUT2D eigenvalue weighted by molar-refractivity contribution is -0.143. The summed E-state index contributed by atoms with van der Waals surface area (Å²) in [6, 6.07) is 5.57. The van der Waals surface area contributed by atoms with Crippen molar-refractivity contribution in [3.63, 3.8) is 0 Å². The van der Waals surface area contributed by atoms with E-state index in [9.17, 15) is 58.5 Å². The number of aromatic amines is 1. The van der Waals surface area contributed by atoms with E-state index in [2.05, 4.69) is 42.2 Å². The van der Waals surface area contributed by atoms with Gasteiger partial charge in [0, 0.05) is 48.9 Å². The number of rotatable bonds is 11. The van der Waals surface area contributed by atoms with Gasteiger partial charge >= 0.3 is 0 Å². The molecular weight excluding hydrogens is 945 g/mol. The summed E-state index contributed by atoms with van der Waals surface area (Å²) in [5, 5.41) is 50.6. The lowest BCUT2D eigenvalue weighted by atomic mass is 9.93. The molecule has 23 nitrogen and oxygen atoms in total. The molecule has 1 unspecified atom stereocenters. The highest BCUT2D eigenvalue weighted by molar-refractivity contribution is 7.99. The molecule has 0 radical (unpaired) electrons. The van der Waals surface area contributed by atoms with Crippen molar-refractivity contribution in [3.8, 4) is 5.75 Å². The molecule has 3 aliphatic heterocycles. The van der Waals surface area contributed by atoms with Crippen molar-refractivity contribution in [1.82, 2.24) is 47.1 Å². The van der Waals surface area contributed by atoms with Crippen molar-refractivity contribution < 1.29 is 63.2 Å². The number of benzene rings is 2. The van der Waals surface area contributed by atoms with Crippen LogP contribution in [0.25, 0.3) is 10.9 Å². The Morgan fingerprint density at radius 1 is 0.845 bits per heavy atom. The van der Waals surface area contributed by atoms with E-state index in [1.165, 1.54) is 6.92 Å². The summed E-state index contributed by atoms with van der Waals surface area (Å²) in [7, 11) is 0. The summed E-state index contributed by atoms with van der Waals surface area (Å²) in [6.45, 7) is 2.45. The van der Waals surface area contributed by atoms with Crippen LogP contribution in [0.4, 0.5) is 0 Å². The highest BCUT2D eigenvalue weighted by Crippen LogP contribution is 2.34. The number of nitrogens with two attached hydrogens (primary N) is 1. The molecule has 0 saturated carbocycles. The molecule has 3 aromatic rings. The van der Waals surface area contributed by atoms with E-state index < -0.39 is 146 Å². The average Bonchev–Trinajstić information content (AvgIpc) is 3.92. The predicted molar refractivity (Wildman–Crippen MR) is 255 cm³/mol. The maximum absolute atomic E-state index is 14.6. The zero-order valence-corrected chi connectivity index (χ0v) is 40.3. The number of nitrogens with zero attached hydrogens (tertiary/aromatic N) is 1. The molecule has 1 fully saturated rings. The molecule has 10 atom stereocenters. The van der Waals surface area contributed by atoms with E-state index in [0.717, 1.165) is 22.2 Å². The Kier molecular flexibility index (Phi) is 18.4. The number of nitrogens with one attached hydrogen (secondary N) is 8. The van der Waals surface area contributed by atoms with Crippen LogP contribution in [0.1, 0.15) is 57.6 Å². The van der Waals surface area contributed by atoms with Crippen LogP contribution >= 0.6 is 11.8 Å². The summed E-state index contributed by atoms with van der Waals surface area (Å²) in [5.74, 6) is -9.45. The molecule has 71 heavy (non-hydrogen) atoms. The second-order valence-corrected chi connectivity index (χ2v) is 19.1. The van der Waals surface area contributed by atoms with E-state index in [-0.39, 0.29) is 31.6 Å². The van der Waals surface area contributed by atoms with Crippen LogP contribution in [0, 0.1) is 11.8 Å². The molecule has 0 aliphatic carbocycles. The van der Waals surface area contributed by atoms with Crippen molar-refractivity contribution >= 4 is 75.8 Å². The Morgan fingerprint density at radius 2 is 1.55 bits per heavy atom. The van der Waals surface area contributed by atoms with Crippen molar-refractivity contribution in [2.24, 2.45) is 17.6 Å². The Labute approximate surface area is 412 Å². The van der Waals surface area contributed by atoms with Crippen molar-refractivity contribution in [2.75, 3.05) is 32.0 Å². The van der Waals surface area contributed by atoms with Crippen LogP contribution in [0.2, 0.25) is 0 Å². The Bertz CT molecular complexity index is 2470. The molecule has 384 valence electrons. The van der Waals surface area contributed by atoms with Crippen LogP contribution < -0.4 is 47.7 Å². The lowest BCUT2D eigenvalue weighted by Crippen LogP contribution is -2.61. The Hall–Kier alpha value is -6.76. The Morgan fingerprint density at radius 3 is 2.24 bits per heavy atom. The van der Waals surface area contributed by atoms with Crippen molar-refractivity contribution in [2.45, 2.75) is 113 Å². The third-order valence-corrected chi connectivity index (χ3v) is 14.0. The van der Waals surface area contributed by atoms with E-state index in [1.54, 1.807) is 32.0 Å². The van der Waals surface area contributed by atoms with Gasteiger partial charge in [0.1, 0.15) is 48.6 Å². The Balaban J connectivity index is 1.51. The van der Waals surface area contributed by atoms with Crippen LogP contribution in [0.5, 0.6) is 5.75 Å². The zero-order valence-electron chi connectivity index (χ0n) is 39.5. The SMILES string of the molecule is CC[C@H](C)C1NC(=O)CNC(=O)[C@@H]2Cc3c([nH]c4cc(OCc5ccccc5)ccc34)SC[C@H](NC(=O)CNC1=O)C(=O)N[C@@H](CCC(N)=O)C(=O)N1C[C@H](O)C[C@H]1C(=O)N[C@@H]([C@@H](C)[C@@H](O)CO)C(=O)N2. The number of primary amides is 1. The van der Waals surface area contributed by atoms with Gasteiger partial charge in [0.15, 0.2) is 0 Å². The summed E-state index contributed by atoms with van der Waals surface area (Å²) < 4.78 is 6.10. The minimum Gasteiger partial charge on any atom is -0.489 e. The van der Waals surface area contributed by atoms with Gasteiger partial charge in [-0.3, -0.25) is 43.2 Å². The monoisotopic (exact) mass is 1010 g/mol. The molecular formula is C47H62N10O13S. The third kappa shape index (κ3) is 13.8. The van der Waals surface area contributed by atoms with Gasteiger partial charge in [-0.2, -0.15) is 0 Å². The normalized spacial score (nSPS) is 25.7. The highest BCUT2D eigenvalue weighted by Gasteiger charge is 2.44. The number of ether oxygens (including phenoxy) is 1. The molecule has 24 heteroatoms. The first-order chi connectivity index (χ1) is 33.9. The van der Waals surface area contributed by atoms with Gasteiger partial charge in [-0.25, -0.2) is 0 Å². The highest BCUT2D eigenvalue weighted by atomic mass is 32.2. The zero-order chi connectivity index (χ0) is 51.5. The predicted octanol–water partition coefficient (Wildman–Crippen LogP) is -2.67. The van der Waals surface area contributed by atoms with E-state index >= 15 is 0 Å². The van der Waals surface area contributed by atoms with Crippen molar-refractivity contribution in [3.05, 3.63) is 59.7 Å². The molecule has 9 amide bonds. The number of carbonyl (C=O) groups is 9. The number of H-pyrrole nitrogens is 1. The third-order valence-electron chi connectivity index (χ3n) is 12.9. The largest absolute Gasteiger partial charge is 0.489 e. The number of aliphatic hydroxyl groups is 3. The maximum Gasteiger partial charge on any atom is 0.245 e.